The molecule has 134 valence electrons. The quantitative estimate of drug-likeness (QED) is 0.804. The van der Waals surface area contributed by atoms with Crippen molar-refractivity contribution in [2.24, 2.45) is 5.41 Å². The molecule has 0 saturated carbocycles. The molecule has 6 nitrogen and oxygen atoms in total. The molecule has 0 aromatic carbocycles. The molecule has 0 bridgehead atoms. The molecule has 1 amide bonds. The molecule has 2 fully saturated rings. The highest BCUT2D eigenvalue weighted by molar-refractivity contribution is 5.92. The van der Waals surface area contributed by atoms with E-state index in [0.29, 0.717) is 0 Å². The molecular weight excluding hydrogens is 328 g/mol. The summed E-state index contributed by atoms with van der Waals surface area (Å²) < 4.78 is 0. The number of aromatic nitrogens is 2. The number of piperidine rings is 1. The lowest BCUT2D eigenvalue weighted by Gasteiger charge is -2.39. The summed E-state index contributed by atoms with van der Waals surface area (Å²) in [5.41, 5.74) is 0.546. The minimum Gasteiger partial charge on any atom is -0.337 e. The van der Waals surface area contributed by atoms with Gasteiger partial charge in [-0.05, 0) is 31.9 Å². The maximum absolute atomic E-state index is 12.9. The second-order valence-corrected chi connectivity index (χ2v) is 7.99. The van der Waals surface area contributed by atoms with Crippen LogP contribution in [0.2, 0.25) is 0 Å². The zero-order chi connectivity index (χ0) is 16.7. The monoisotopic (exact) mass is 354 g/mol. The summed E-state index contributed by atoms with van der Waals surface area (Å²) in [5, 5.41) is 3.41. The minimum absolute atomic E-state index is 0. The SMILES string of the molecule is CC(C)(C)c1cc(C(=O)N2CCCC3(CCNC3)C2)nc(=O)[nH]1.Cl. The normalized spacial score (nSPS) is 24.0. The van der Waals surface area contributed by atoms with Gasteiger partial charge in [0.2, 0.25) is 0 Å². The first-order chi connectivity index (χ1) is 10.8. The average Bonchev–Trinajstić information content (AvgIpc) is 2.92. The van der Waals surface area contributed by atoms with Gasteiger partial charge in [0.25, 0.3) is 5.91 Å². The van der Waals surface area contributed by atoms with Crippen LogP contribution in [-0.2, 0) is 5.41 Å². The van der Waals surface area contributed by atoms with Crippen molar-refractivity contribution in [1.82, 2.24) is 20.2 Å². The fourth-order valence-corrected chi connectivity index (χ4v) is 3.66. The number of nitrogens with zero attached hydrogens (tertiary/aromatic N) is 2. The maximum Gasteiger partial charge on any atom is 0.345 e. The van der Waals surface area contributed by atoms with E-state index in [1.165, 1.54) is 6.42 Å². The van der Waals surface area contributed by atoms with Crippen LogP contribution >= 0.6 is 12.4 Å². The van der Waals surface area contributed by atoms with Crippen LogP contribution in [0.3, 0.4) is 0 Å². The van der Waals surface area contributed by atoms with Crippen LogP contribution in [0.1, 0.15) is 56.2 Å². The molecule has 2 aliphatic rings. The predicted molar refractivity (Wildman–Crippen MR) is 95.9 cm³/mol. The number of carbonyl (C=O) groups excluding carboxylic acids is 1. The summed E-state index contributed by atoms with van der Waals surface area (Å²) in [4.78, 5) is 33.3. The van der Waals surface area contributed by atoms with Crippen molar-refractivity contribution < 1.29 is 4.79 Å². The lowest BCUT2D eigenvalue weighted by atomic mass is 9.79. The Kier molecular flexibility index (Phi) is 5.40. The number of halogens is 1. The van der Waals surface area contributed by atoms with Gasteiger partial charge in [0.15, 0.2) is 0 Å². The van der Waals surface area contributed by atoms with E-state index < -0.39 is 5.69 Å². The van der Waals surface area contributed by atoms with E-state index in [2.05, 4.69) is 15.3 Å². The third kappa shape index (κ3) is 3.81. The molecule has 7 heteroatoms. The van der Waals surface area contributed by atoms with Crippen molar-refractivity contribution in [3.05, 3.63) is 27.9 Å². The first kappa shape index (κ1) is 18.9. The van der Waals surface area contributed by atoms with Gasteiger partial charge in [-0.1, -0.05) is 20.8 Å². The smallest absolute Gasteiger partial charge is 0.337 e. The third-order valence-electron chi connectivity index (χ3n) is 5.05. The van der Waals surface area contributed by atoms with Crippen molar-refractivity contribution in [3.8, 4) is 0 Å². The Bertz CT molecular complexity index is 659. The second kappa shape index (κ2) is 6.84. The van der Waals surface area contributed by atoms with E-state index >= 15 is 0 Å². The molecule has 0 aliphatic carbocycles. The first-order valence-corrected chi connectivity index (χ1v) is 8.41. The number of amides is 1. The fourth-order valence-electron chi connectivity index (χ4n) is 3.66. The van der Waals surface area contributed by atoms with Crippen molar-refractivity contribution in [2.75, 3.05) is 26.2 Å². The van der Waals surface area contributed by atoms with Gasteiger partial charge < -0.3 is 15.2 Å². The molecule has 1 atom stereocenters. The topological polar surface area (TPSA) is 78.1 Å². The fraction of sp³-hybridized carbons (Fsp3) is 0.706. The molecule has 1 aromatic heterocycles. The van der Waals surface area contributed by atoms with E-state index in [-0.39, 0.29) is 34.8 Å². The van der Waals surface area contributed by atoms with E-state index in [4.69, 9.17) is 0 Å². The van der Waals surface area contributed by atoms with Gasteiger partial charge in [-0.25, -0.2) is 4.79 Å². The summed E-state index contributed by atoms with van der Waals surface area (Å²) in [5.74, 6) is -0.118. The Hall–Kier alpha value is -1.40. The Morgan fingerprint density at radius 1 is 1.33 bits per heavy atom. The molecular formula is C17H27ClN4O2. The molecule has 1 unspecified atom stereocenters. The summed E-state index contributed by atoms with van der Waals surface area (Å²) >= 11 is 0. The highest BCUT2D eigenvalue weighted by atomic mass is 35.5. The van der Waals surface area contributed by atoms with Crippen molar-refractivity contribution in [2.45, 2.75) is 45.4 Å². The van der Waals surface area contributed by atoms with Crippen LogP contribution in [-0.4, -0.2) is 47.0 Å². The van der Waals surface area contributed by atoms with E-state index in [1.807, 2.05) is 25.7 Å². The summed E-state index contributed by atoms with van der Waals surface area (Å²) in [7, 11) is 0. The van der Waals surface area contributed by atoms with Crippen LogP contribution in [0, 0.1) is 5.41 Å². The average molecular weight is 355 g/mol. The number of hydrogen-bond acceptors (Lipinski definition) is 4. The van der Waals surface area contributed by atoms with Crippen LogP contribution in [0.5, 0.6) is 0 Å². The zero-order valence-electron chi connectivity index (χ0n) is 14.6. The maximum atomic E-state index is 12.9. The van der Waals surface area contributed by atoms with Crippen LogP contribution in [0.4, 0.5) is 0 Å². The lowest BCUT2D eigenvalue weighted by molar-refractivity contribution is 0.0547. The Labute approximate surface area is 148 Å². The Morgan fingerprint density at radius 3 is 2.71 bits per heavy atom. The Balaban J connectivity index is 0.00000208. The van der Waals surface area contributed by atoms with Crippen LogP contribution in [0.25, 0.3) is 0 Å². The van der Waals surface area contributed by atoms with Crippen LogP contribution in [0.15, 0.2) is 10.9 Å². The summed E-state index contributed by atoms with van der Waals surface area (Å²) in [6, 6.07) is 1.73. The molecule has 2 aliphatic heterocycles. The number of hydrogen-bond donors (Lipinski definition) is 2. The third-order valence-corrected chi connectivity index (χ3v) is 5.05. The lowest BCUT2D eigenvalue weighted by Crippen LogP contribution is -2.47. The van der Waals surface area contributed by atoms with Crippen molar-refractivity contribution in [3.63, 3.8) is 0 Å². The molecule has 0 radical (unpaired) electrons. The Morgan fingerprint density at radius 2 is 2.08 bits per heavy atom. The van der Waals surface area contributed by atoms with E-state index in [0.717, 1.165) is 44.7 Å². The largest absolute Gasteiger partial charge is 0.345 e. The standard InChI is InChI=1S/C17H26N4O2.ClH/c1-16(2,3)13-9-12(19-15(23)20-13)14(22)21-8-4-5-17(11-21)6-7-18-10-17;/h9,18H,4-8,10-11H2,1-3H3,(H,19,20,23);1H. The summed E-state index contributed by atoms with van der Waals surface area (Å²) in [6.07, 6.45) is 3.30. The molecule has 24 heavy (non-hydrogen) atoms. The van der Waals surface area contributed by atoms with Gasteiger partial charge in [-0.3, -0.25) is 4.79 Å². The zero-order valence-corrected chi connectivity index (χ0v) is 15.5. The molecule has 1 aromatic rings. The molecule has 1 spiro atoms. The number of likely N-dealkylation sites (tertiary alicyclic amines) is 1. The van der Waals surface area contributed by atoms with Gasteiger partial charge in [0.1, 0.15) is 5.69 Å². The van der Waals surface area contributed by atoms with Crippen molar-refractivity contribution >= 4 is 18.3 Å². The van der Waals surface area contributed by atoms with Crippen molar-refractivity contribution in [1.29, 1.82) is 0 Å². The molecule has 3 rings (SSSR count). The van der Waals surface area contributed by atoms with Gasteiger partial charge in [0.05, 0.1) is 0 Å². The first-order valence-electron chi connectivity index (χ1n) is 8.41. The van der Waals surface area contributed by atoms with E-state index in [9.17, 15) is 9.59 Å². The highest BCUT2D eigenvalue weighted by Gasteiger charge is 2.39. The van der Waals surface area contributed by atoms with Gasteiger partial charge in [-0.2, -0.15) is 4.98 Å². The molecule has 2 N–H and O–H groups in total. The molecule has 3 heterocycles. The number of H-pyrrole nitrogens is 1. The highest BCUT2D eigenvalue weighted by Crippen LogP contribution is 2.35. The number of aromatic amines is 1. The second-order valence-electron chi connectivity index (χ2n) is 7.99. The number of rotatable bonds is 1. The number of nitrogens with one attached hydrogen (secondary N) is 2. The summed E-state index contributed by atoms with van der Waals surface area (Å²) in [6.45, 7) is 9.54. The number of carbonyl (C=O) groups is 1. The van der Waals surface area contributed by atoms with E-state index in [1.54, 1.807) is 6.07 Å². The molecule has 2 saturated heterocycles. The van der Waals surface area contributed by atoms with Gasteiger partial charge >= 0.3 is 5.69 Å². The van der Waals surface area contributed by atoms with Gasteiger partial charge in [0, 0.05) is 36.2 Å². The predicted octanol–water partition coefficient (Wildman–Crippen LogP) is 1.70. The van der Waals surface area contributed by atoms with Crippen LogP contribution < -0.4 is 11.0 Å². The van der Waals surface area contributed by atoms with Gasteiger partial charge in [-0.15, -0.1) is 12.4 Å². The minimum atomic E-state index is -0.449.